The van der Waals surface area contributed by atoms with Crippen LogP contribution in [0.5, 0.6) is 0 Å². The first kappa shape index (κ1) is 19.7. The zero-order valence-electron chi connectivity index (χ0n) is 15.0. The summed E-state index contributed by atoms with van der Waals surface area (Å²) in [5.74, 6) is -0.152. The van der Waals surface area contributed by atoms with Crippen LogP contribution in [0.4, 0.5) is 17.1 Å². The molecular formula is C20H25N3O2S. The van der Waals surface area contributed by atoms with E-state index in [4.69, 9.17) is 12.2 Å². The van der Waals surface area contributed by atoms with Crippen molar-refractivity contribution in [2.75, 3.05) is 24.3 Å². The number of ether oxygens (including phenoxy) is 1. The lowest BCUT2D eigenvalue weighted by molar-refractivity contribution is -0.140. The molecule has 2 rings (SSSR count). The topological polar surface area (TPSA) is 62.4 Å². The Morgan fingerprint density at radius 3 is 2.27 bits per heavy atom. The Morgan fingerprint density at radius 2 is 1.58 bits per heavy atom. The Bertz CT molecular complexity index is 690. The third-order valence-corrected chi connectivity index (χ3v) is 4.02. The molecule has 2 aromatic carbocycles. The minimum absolute atomic E-state index is 0.152. The van der Waals surface area contributed by atoms with Gasteiger partial charge < -0.3 is 20.7 Å². The van der Waals surface area contributed by atoms with Gasteiger partial charge in [0.2, 0.25) is 0 Å². The second kappa shape index (κ2) is 11.1. The first-order valence-electron chi connectivity index (χ1n) is 8.71. The van der Waals surface area contributed by atoms with Gasteiger partial charge in [-0.05, 0) is 61.5 Å². The summed E-state index contributed by atoms with van der Waals surface area (Å²) >= 11 is 5.30. The Labute approximate surface area is 160 Å². The molecule has 0 aliphatic heterocycles. The molecule has 0 aliphatic carbocycles. The van der Waals surface area contributed by atoms with Crippen molar-refractivity contribution in [2.45, 2.75) is 25.7 Å². The van der Waals surface area contributed by atoms with Crippen molar-refractivity contribution < 1.29 is 9.53 Å². The maximum absolute atomic E-state index is 11.0. The van der Waals surface area contributed by atoms with Crippen molar-refractivity contribution in [1.29, 1.82) is 0 Å². The molecule has 3 N–H and O–H groups in total. The molecule has 138 valence electrons. The summed E-state index contributed by atoms with van der Waals surface area (Å²) in [5.41, 5.74) is 3.01. The average Bonchev–Trinajstić information content (AvgIpc) is 2.66. The van der Waals surface area contributed by atoms with E-state index in [0.717, 1.165) is 42.9 Å². The molecule has 0 atom stereocenters. The number of methoxy groups -OCH3 is 1. The van der Waals surface area contributed by atoms with Crippen molar-refractivity contribution in [3.63, 3.8) is 0 Å². The normalized spacial score (nSPS) is 10.0. The zero-order valence-corrected chi connectivity index (χ0v) is 15.8. The fourth-order valence-corrected chi connectivity index (χ4v) is 2.60. The number of carbonyl (C=O) groups excluding carboxylic acids is 1. The standard InChI is InChI=1S/C20H25N3O2S/c1-25-19(24)10-6-3-7-15-21-20(26)23-18-13-11-17(12-14-18)22-16-8-4-2-5-9-16/h2,4-5,8-9,11-14,22H,3,6-7,10,15H2,1H3,(H2,21,23,26). The molecular weight excluding hydrogens is 346 g/mol. The lowest BCUT2D eigenvalue weighted by Gasteiger charge is -2.11. The van der Waals surface area contributed by atoms with Gasteiger partial charge in [0.1, 0.15) is 0 Å². The van der Waals surface area contributed by atoms with Crippen LogP contribution in [0.1, 0.15) is 25.7 Å². The molecule has 0 unspecified atom stereocenters. The van der Waals surface area contributed by atoms with Crippen LogP contribution in [-0.2, 0) is 9.53 Å². The van der Waals surface area contributed by atoms with Gasteiger partial charge in [-0.2, -0.15) is 0 Å². The monoisotopic (exact) mass is 371 g/mol. The number of benzene rings is 2. The molecule has 0 bridgehead atoms. The Morgan fingerprint density at radius 1 is 0.923 bits per heavy atom. The van der Waals surface area contributed by atoms with Crippen LogP contribution in [-0.4, -0.2) is 24.7 Å². The van der Waals surface area contributed by atoms with Gasteiger partial charge in [0.25, 0.3) is 0 Å². The molecule has 0 saturated carbocycles. The van der Waals surface area contributed by atoms with E-state index >= 15 is 0 Å². The third-order valence-electron chi connectivity index (χ3n) is 3.78. The van der Waals surface area contributed by atoms with Crippen molar-refractivity contribution in [3.05, 3.63) is 54.6 Å². The van der Waals surface area contributed by atoms with Gasteiger partial charge >= 0.3 is 5.97 Å². The average molecular weight is 372 g/mol. The van der Waals surface area contributed by atoms with E-state index < -0.39 is 0 Å². The molecule has 0 aliphatic rings. The lowest BCUT2D eigenvalue weighted by atomic mass is 10.2. The largest absolute Gasteiger partial charge is 0.469 e. The van der Waals surface area contributed by atoms with Gasteiger partial charge in [-0.3, -0.25) is 4.79 Å². The van der Waals surface area contributed by atoms with Gasteiger partial charge in [0.05, 0.1) is 7.11 Å². The van der Waals surface area contributed by atoms with Crippen LogP contribution in [0.3, 0.4) is 0 Å². The van der Waals surface area contributed by atoms with Crippen LogP contribution in [0.2, 0.25) is 0 Å². The lowest BCUT2D eigenvalue weighted by Crippen LogP contribution is -2.29. The second-order valence-electron chi connectivity index (χ2n) is 5.84. The molecule has 0 fully saturated rings. The minimum Gasteiger partial charge on any atom is -0.469 e. The van der Waals surface area contributed by atoms with Gasteiger partial charge in [-0.25, -0.2) is 0 Å². The number of hydrogen-bond donors (Lipinski definition) is 3. The van der Waals surface area contributed by atoms with Crippen LogP contribution < -0.4 is 16.0 Å². The molecule has 0 heterocycles. The zero-order chi connectivity index (χ0) is 18.6. The van der Waals surface area contributed by atoms with E-state index in [2.05, 4.69) is 20.7 Å². The van der Waals surface area contributed by atoms with Crippen LogP contribution >= 0.6 is 12.2 Å². The van der Waals surface area contributed by atoms with Gasteiger partial charge in [0.15, 0.2) is 5.11 Å². The maximum Gasteiger partial charge on any atom is 0.305 e. The number of thiocarbonyl (C=S) groups is 1. The molecule has 0 saturated heterocycles. The highest BCUT2D eigenvalue weighted by molar-refractivity contribution is 7.80. The van der Waals surface area contributed by atoms with Crippen molar-refractivity contribution >= 4 is 40.4 Å². The van der Waals surface area contributed by atoms with Gasteiger partial charge in [0, 0.05) is 30.0 Å². The number of rotatable bonds is 9. The van der Waals surface area contributed by atoms with E-state index in [1.165, 1.54) is 7.11 Å². The summed E-state index contributed by atoms with van der Waals surface area (Å²) in [6.45, 7) is 0.778. The van der Waals surface area contributed by atoms with Crippen molar-refractivity contribution in [1.82, 2.24) is 5.32 Å². The summed E-state index contributed by atoms with van der Waals surface area (Å²) in [6, 6.07) is 18.0. The van der Waals surface area contributed by atoms with Gasteiger partial charge in [-0.15, -0.1) is 0 Å². The third kappa shape index (κ3) is 7.53. The maximum atomic E-state index is 11.0. The highest BCUT2D eigenvalue weighted by Gasteiger charge is 2.01. The molecule has 0 aromatic heterocycles. The Kier molecular flexibility index (Phi) is 8.42. The van der Waals surface area contributed by atoms with Crippen molar-refractivity contribution in [2.24, 2.45) is 0 Å². The number of anilines is 3. The Hall–Kier alpha value is -2.60. The smallest absolute Gasteiger partial charge is 0.305 e. The number of unbranched alkanes of at least 4 members (excludes halogenated alkanes) is 2. The summed E-state index contributed by atoms with van der Waals surface area (Å²) < 4.78 is 4.61. The number of para-hydroxylation sites is 1. The SMILES string of the molecule is COC(=O)CCCCCNC(=S)Nc1ccc(Nc2ccccc2)cc1. The first-order chi connectivity index (χ1) is 12.7. The fraction of sp³-hybridized carbons (Fsp3) is 0.300. The van der Waals surface area contributed by atoms with E-state index in [9.17, 15) is 4.79 Å². The van der Waals surface area contributed by atoms with Gasteiger partial charge in [-0.1, -0.05) is 24.6 Å². The summed E-state index contributed by atoms with van der Waals surface area (Å²) in [5, 5.41) is 10.3. The van der Waals surface area contributed by atoms with Crippen LogP contribution in [0, 0.1) is 0 Å². The van der Waals surface area contributed by atoms with Crippen LogP contribution in [0.15, 0.2) is 54.6 Å². The Balaban J connectivity index is 1.65. The van der Waals surface area contributed by atoms with Crippen LogP contribution in [0.25, 0.3) is 0 Å². The second-order valence-corrected chi connectivity index (χ2v) is 6.24. The summed E-state index contributed by atoms with van der Waals surface area (Å²) in [4.78, 5) is 11.0. The molecule has 6 heteroatoms. The highest BCUT2D eigenvalue weighted by Crippen LogP contribution is 2.18. The summed E-state index contributed by atoms with van der Waals surface area (Å²) in [7, 11) is 1.41. The predicted octanol–water partition coefficient (Wildman–Crippen LogP) is 4.45. The van der Waals surface area contributed by atoms with E-state index in [-0.39, 0.29) is 5.97 Å². The molecule has 26 heavy (non-hydrogen) atoms. The number of carbonyl (C=O) groups is 1. The molecule has 2 aromatic rings. The number of nitrogens with one attached hydrogen (secondary N) is 3. The minimum atomic E-state index is -0.152. The number of esters is 1. The van der Waals surface area contributed by atoms with Crippen molar-refractivity contribution in [3.8, 4) is 0 Å². The summed E-state index contributed by atoms with van der Waals surface area (Å²) in [6.07, 6.45) is 3.23. The predicted molar refractivity (Wildman–Crippen MR) is 111 cm³/mol. The molecule has 0 radical (unpaired) electrons. The fourth-order valence-electron chi connectivity index (χ4n) is 2.38. The quantitative estimate of drug-likeness (QED) is 0.344. The number of hydrogen-bond acceptors (Lipinski definition) is 4. The highest BCUT2D eigenvalue weighted by atomic mass is 32.1. The van der Waals surface area contributed by atoms with E-state index in [0.29, 0.717) is 11.5 Å². The molecule has 0 spiro atoms. The van der Waals surface area contributed by atoms with E-state index in [1.54, 1.807) is 0 Å². The van der Waals surface area contributed by atoms with E-state index in [1.807, 2.05) is 54.6 Å². The molecule has 0 amide bonds. The molecule has 5 nitrogen and oxygen atoms in total. The first-order valence-corrected chi connectivity index (χ1v) is 9.12.